The fourth-order valence-corrected chi connectivity index (χ4v) is 3.09. The maximum atomic E-state index is 12.2. The van der Waals surface area contributed by atoms with E-state index >= 15 is 0 Å². The van der Waals surface area contributed by atoms with Gasteiger partial charge >= 0.3 is 6.18 Å². The van der Waals surface area contributed by atoms with Crippen molar-refractivity contribution in [2.45, 2.75) is 32.2 Å². The molecule has 0 saturated heterocycles. The molecule has 9 nitrogen and oxygen atoms in total. The molecule has 1 atom stereocenters. The molecule has 176 valence electrons. The molecule has 0 amide bonds. The van der Waals surface area contributed by atoms with Gasteiger partial charge in [-0.2, -0.15) is 13.2 Å². The normalized spacial score (nSPS) is 16.5. The number of dihydropyridines is 1. The Balaban J connectivity index is 1.81. The summed E-state index contributed by atoms with van der Waals surface area (Å²) in [5, 5.41) is 38.7. The smallest absolute Gasteiger partial charge is 0.389 e. The molecule has 0 spiro atoms. The van der Waals surface area contributed by atoms with Crippen LogP contribution in [0.3, 0.4) is 0 Å². The zero-order valence-electron chi connectivity index (χ0n) is 17.8. The molecule has 0 saturated carbocycles. The summed E-state index contributed by atoms with van der Waals surface area (Å²) >= 11 is 0. The average Bonchev–Trinajstić information content (AvgIpc) is 3.30. The lowest BCUT2D eigenvalue weighted by molar-refractivity contribution is -0.136. The predicted molar refractivity (Wildman–Crippen MR) is 116 cm³/mol. The Morgan fingerprint density at radius 3 is 2.70 bits per heavy atom. The van der Waals surface area contributed by atoms with Crippen molar-refractivity contribution in [3.63, 3.8) is 0 Å². The van der Waals surface area contributed by atoms with E-state index in [1.807, 2.05) is 6.92 Å². The minimum absolute atomic E-state index is 0.0464. The van der Waals surface area contributed by atoms with Gasteiger partial charge < -0.3 is 25.9 Å². The fourth-order valence-electron chi connectivity index (χ4n) is 3.09. The van der Waals surface area contributed by atoms with Gasteiger partial charge in [0.05, 0.1) is 17.9 Å². The molecule has 0 bridgehead atoms. The number of nitrogens with zero attached hydrogens (tertiary/aromatic N) is 3. The minimum Gasteiger partial charge on any atom is -0.494 e. The number of benzene rings is 1. The van der Waals surface area contributed by atoms with Gasteiger partial charge in [-0.15, -0.1) is 5.10 Å². The number of aliphatic hydroxyl groups excluding tert-OH is 1. The lowest BCUT2D eigenvalue weighted by Crippen LogP contribution is -2.33. The van der Waals surface area contributed by atoms with E-state index in [0.717, 1.165) is 0 Å². The Bertz CT molecular complexity index is 1030. The van der Waals surface area contributed by atoms with Crippen molar-refractivity contribution in [2.24, 2.45) is 0 Å². The molecule has 2 aromatic rings. The highest BCUT2D eigenvalue weighted by Crippen LogP contribution is 2.30. The number of allylic oxidation sites excluding steroid dienone is 3. The first-order valence-electron chi connectivity index (χ1n) is 10.2. The highest BCUT2D eigenvalue weighted by atomic mass is 19.4. The third-order valence-electron chi connectivity index (χ3n) is 4.65. The van der Waals surface area contributed by atoms with Crippen LogP contribution in [0.15, 0.2) is 48.2 Å². The number of nitrogens with one attached hydrogen (secondary N) is 4. The number of H-pyrrole nitrogens is 1. The summed E-state index contributed by atoms with van der Waals surface area (Å²) in [5.41, 5.74) is 2.09. The van der Waals surface area contributed by atoms with Crippen LogP contribution in [0.4, 0.5) is 13.2 Å². The molecule has 1 unspecified atom stereocenters. The Morgan fingerprint density at radius 1 is 1.30 bits per heavy atom. The molecule has 0 radical (unpaired) electrons. The first-order valence-corrected chi connectivity index (χ1v) is 10.2. The van der Waals surface area contributed by atoms with Crippen LogP contribution in [-0.2, 0) is 0 Å². The molecule has 0 aliphatic carbocycles. The number of aromatic amines is 1. The summed E-state index contributed by atoms with van der Waals surface area (Å²) in [6.45, 7) is 2.57. The largest absolute Gasteiger partial charge is 0.494 e. The highest BCUT2D eigenvalue weighted by Gasteiger charge is 2.28. The van der Waals surface area contributed by atoms with Crippen molar-refractivity contribution in [2.75, 3.05) is 13.2 Å². The molecule has 0 fully saturated rings. The van der Waals surface area contributed by atoms with Gasteiger partial charge in [0, 0.05) is 24.2 Å². The number of halogens is 3. The molecule has 1 aliphatic heterocycles. The van der Waals surface area contributed by atoms with Crippen molar-refractivity contribution in [1.82, 2.24) is 31.3 Å². The molecule has 1 aromatic heterocycles. The summed E-state index contributed by atoms with van der Waals surface area (Å²) in [6.07, 6.45) is -1.52. The second-order valence-corrected chi connectivity index (χ2v) is 7.08. The van der Waals surface area contributed by atoms with Gasteiger partial charge in [0.1, 0.15) is 5.75 Å². The van der Waals surface area contributed by atoms with Crippen LogP contribution in [0.2, 0.25) is 0 Å². The van der Waals surface area contributed by atoms with Crippen LogP contribution in [0.5, 0.6) is 5.75 Å². The summed E-state index contributed by atoms with van der Waals surface area (Å²) < 4.78 is 42.1. The number of alkyl halides is 3. The van der Waals surface area contributed by atoms with Gasteiger partial charge in [-0.1, -0.05) is 0 Å². The molecular formula is C21H24F3N7O2. The van der Waals surface area contributed by atoms with Gasteiger partial charge in [-0.05, 0) is 72.0 Å². The molecule has 1 aliphatic rings. The zero-order chi connectivity index (χ0) is 23.8. The monoisotopic (exact) mass is 463 g/mol. The molecule has 3 rings (SSSR count). The lowest BCUT2D eigenvalue weighted by atomic mass is 9.94. The van der Waals surface area contributed by atoms with Crippen molar-refractivity contribution in [3.8, 4) is 5.75 Å². The number of aromatic nitrogens is 4. The van der Waals surface area contributed by atoms with E-state index in [2.05, 4.69) is 31.3 Å². The van der Waals surface area contributed by atoms with Crippen LogP contribution in [0.25, 0.3) is 11.3 Å². The van der Waals surface area contributed by atoms with Gasteiger partial charge in [0.15, 0.2) is 12.1 Å². The Labute approximate surface area is 187 Å². The maximum Gasteiger partial charge on any atom is 0.389 e. The van der Waals surface area contributed by atoms with Crippen molar-refractivity contribution in [3.05, 3.63) is 59.6 Å². The Morgan fingerprint density at radius 2 is 2.06 bits per heavy atom. The lowest BCUT2D eigenvalue weighted by Gasteiger charge is -2.26. The fraction of sp³-hybridized carbons (Fsp3) is 0.333. The van der Waals surface area contributed by atoms with Crippen molar-refractivity contribution >= 4 is 17.0 Å². The molecule has 2 heterocycles. The number of tetrazole rings is 1. The third-order valence-corrected chi connectivity index (χ3v) is 4.65. The summed E-state index contributed by atoms with van der Waals surface area (Å²) in [7, 11) is 0. The van der Waals surface area contributed by atoms with E-state index in [1.54, 1.807) is 42.6 Å². The first-order chi connectivity index (χ1) is 15.8. The molecule has 5 N–H and O–H groups in total. The minimum atomic E-state index is -4.20. The molecule has 1 aromatic carbocycles. The topological polar surface area (TPSA) is 132 Å². The summed E-state index contributed by atoms with van der Waals surface area (Å²) in [5.74, 6) is 0.660. The summed E-state index contributed by atoms with van der Waals surface area (Å²) in [4.78, 5) is 0. The molecule has 12 heteroatoms. The van der Waals surface area contributed by atoms with Crippen LogP contribution in [0, 0.1) is 5.41 Å². The third kappa shape index (κ3) is 6.65. The van der Waals surface area contributed by atoms with Crippen LogP contribution in [0.1, 0.15) is 31.2 Å². The standard InChI is InChI=1S/C21H24F3N7O2/c1-2-26-10-8-16(25)15-12-17(27-20(32)18(15)19-28-30-31-29-19)13-4-6-14(7-5-13)33-11-3-9-21(22,23)24/h4-8,10,12,20,25-27,32H,2-3,9,11H2,1H3,(H,28,29,30,31)/b10-8-,25-16?. The van der Waals surface area contributed by atoms with E-state index < -0.39 is 18.8 Å². The van der Waals surface area contributed by atoms with E-state index in [0.29, 0.717) is 34.7 Å². The number of ether oxygens (including phenoxy) is 1. The predicted octanol–water partition coefficient (Wildman–Crippen LogP) is 2.78. The second kappa shape index (κ2) is 10.8. The Hall–Kier alpha value is -3.67. The van der Waals surface area contributed by atoms with E-state index in [4.69, 9.17) is 10.1 Å². The van der Waals surface area contributed by atoms with E-state index in [1.165, 1.54) is 0 Å². The molecule has 33 heavy (non-hydrogen) atoms. The number of hydrogen-bond acceptors (Lipinski definition) is 8. The van der Waals surface area contributed by atoms with E-state index in [9.17, 15) is 18.3 Å². The van der Waals surface area contributed by atoms with Crippen LogP contribution in [-0.4, -0.2) is 57.0 Å². The van der Waals surface area contributed by atoms with E-state index in [-0.39, 0.29) is 24.6 Å². The first kappa shape index (κ1) is 24.0. The highest BCUT2D eigenvalue weighted by molar-refractivity contribution is 6.15. The van der Waals surface area contributed by atoms with Gasteiger partial charge in [-0.3, -0.25) is 0 Å². The number of rotatable bonds is 10. The number of aliphatic hydroxyl groups is 1. The van der Waals surface area contributed by atoms with Gasteiger partial charge in [-0.25, -0.2) is 5.10 Å². The Kier molecular flexibility index (Phi) is 7.83. The average molecular weight is 463 g/mol. The maximum absolute atomic E-state index is 12.2. The zero-order valence-corrected chi connectivity index (χ0v) is 17.8. The van der Waals surface area contributed by atoms with Gasteiger partial charge in [0.2, 0.25) is 0 Å². The van der Waals surface area contributed by atoms with Crippen LogP contribution < -0.4 is 15.4 Å². The van der Waals surface area contributed by atoms with Crippen LogP contribution >= 0.6 is 0 Å². The van der Waals surface area contributed by atoms with Gasteiger partial charge in [0.25, 0.3) is 0 Å². The molecular weight excluding hydrogens is 439 g/mol. The SMILES string of the molecule is CCN/C=C\C(=N)C1=C(c2nnn[nH]2)C(O)NC(c2ccc(OCCCC(F)(F)F)cc2)=C1. The quantitative estimate of drug-likeness (QED) is 0.270. The van der Waals surface area contributed by atoms with Crippen molar-refractivity contribution in [1.29, 1.82) is 5.41 Å². The second-order valence-electron chi connectivity index (χ2n) is 7.08. The number of hydrogen-bond donors (Lipinski definition) is 5. The summed E-state index contributed by atoms with van der Waals surface area (Å²) in [6, 6.07) is 6.68. The van der Waals surface area contributed by atoms with Crippen molar-refractivity contribution < 1.29 is 23.0 Å².